The van der Waals surface area contributed by atoms with Crippen molar-refractivity contribution in [2.45, 2.75) is 34.1 Å². The van der Waals surface area contributed by atoms with E-state index < -0.39 is 0 Å². The topological polar surface area (TPSA) is 9.23 Å². The summed E-state index contributed by atoms with van der Waals surface area (Å²) in [5.41, 5.74) is 1.75. The predicted molar refractivity (Wildman–Crippen MR) is 58.4 cm³/mol. The largest absolute Gasteiger partial charge is 0.494 e. The van der Waals surface area contributed by atoms with Gasteiger partial charge < -0.3 is 4.74 Å². The van der Waals surface area contributed by atoms with Crippen LogP contribution >= 0.6 is 0 Å². The van der Waals surface area contributed by atoms with E-state index in [0.717, 1.165) is 5.56 Å². The molecule has 1 aromatic rings. The van der Waals surface area contributed by atoms with Gasteiger partial charge in [0.1, 0.15) is 0 Å². The SMILES string of the molecule is CC.CCc1cc(C)cc(OC)c1F. The Labute approximate surface area is 85.9 Å². The molecule has 0 amide bonds. The molecule has 0 radical (unpaired) electrons. The third-order valence-electron chi connectivity index (χ3n) is 1.86. The van der Waals surface area contributed by atoms with Crippen LogP contribution in [0.5, 0.6) is 5.75 Å². The zero-order valence-electron chi connectivity index (χ0n) is 9.65. The fourth-order valence-corrected chi connectivity index (χ4v) is 1.21. The minimum absolute atomic E-state index is 0.231. The third kappa shape index (κ3) is 3.02. The summed E-state index contributed by atoms with van der Waals surface area (Å²) in [6.07, 6.45) is 0.698. The van der Waals surface area contributed by atoms with Crippen LogP contribution in [0.2, 0.25) is 0 Å². The van der Waals surface area contributed by atoms with Crippen molar-refractivity contribution in [2.75, 3.05) is 7.11 Å². The van der Waals surface area contributed by atoms with Gasteiger partial charge in [-0.3, -0.25) is 0 Å². The molecular formula is C12H19FO. The molecule has 80 valence electrons. The van der Waals surface area contributed by atoms with Gasteiger partial charge in [-0.05, 0) is 30.5 Å². The van der Waals surface area contributed by atoms with Crippen molar-refractivity contribution in [3.05, 3.63) is 29.1 Å². The second-order valence-electron chi connectivity index (χ2n) is 2.79. The van der Waals surface area contributed by atoms with Crippen LogP contribution < -0.4 is 4.74 Å². The van der Waals surface area contributed by atoms with Crippen LogP contribution in [0.4, 0.5) is 4.39 Å². The zero-order valence-corrected chi connectivity index (χ0v) is 9.65. The summed E-state index contributed by atoms with van der Waals surface area (Å²) in [4.78, 5) is 0. The first-order valence-corrected chi connectivity index (χ1v) is 5.02. The van der Waals surface area contributed by atoms with Gasteiger partial charge in [0.25, 0.3) is 0 Å². The lowest BCUT2D eigenvalue weighted by Gasteiger charge is -2.06. The van der Waals surface area contributed by atoms with Crippen molar-refractivity contribution in [1.29, 1.82) is 0 Å². The monoisotopic (exact) mass is 198 g/mol. The maximum Gasteiger partial charge on any atom is 0.168 e. The fourth-order valence-electron chi connectivity index (χ4n) is 1.21. The minimum Gasteiger partial charge on any atom is -0.494 e. The summed E-state index contributed by atoms with van der Waals surface area (Å²) < 4.78 is 18.2. The lowest BCUT2D eigenvalue weighted by Crippen LogP contribution is -1.94. The molecule has 1 aromatic carbocycles. The molecule has 0 saturated carbocycles. The van der Waals surface area contributed by atoms with Crippen LogP contribution in [0.3, 0.4) is 0 Å². The smallest absolute Gasteiger partial charge is 0.168 e. The van der Waals surface area contributed by atoms with E-state index in [-0.39, 0.29) is 5.82 Å². The van der Waals surface area contributed by atoms with E-state index >= 15 is 0 Å². The molecule has 0 N–H and O–H groups in total. The van der Waals surface area contributed by atoms with Crippen LogP contribution in [-0.2, 0) is 6.42 Å². The highest BCUT2D eigenvalue weighted by atomic mass is 19.1. The van der Waals surface area contributed by atoms with Crippen molar-refractivity contribution in [3.8, 4) is 5.75 Å². The van der Waals surface area contributed by atoms with Crippen LogP contribution in [0, 0.1) is 12.7 Å². The van der Waals surface area contributed by atoms with Gasteiger partial charge in [-0.1, -0.05) is 26.8 Å². The fraction of sp³-hybridized carbons (Fsp3) is 0.500. The molecule has 0 aliphatic heterocycles. The van der Waals surface area contributed by atoms with E-state index in [1.54, 1.807) is 6.07 Å². The number of ether oxygens (including phenoxy) is 1. The Balaban J connectivity index is 0.000000791. The average Bonchev–Trinajstić information content (AvgIpc) is 2.23. The summed E-state index contributed by atoms with van der Waals surface area (Å²) in [6, 6.07) is 3.55. The maximum atomic E-state index is 13.3. The molecule has 14 heavy (non-hydrogen) atoms. The van der Waals surface area contributed by atoms with Crippen LogP contribution in [0.25, 0.3) is 0 Å². The molecule has 0 unspecified atom stereocenters. The van der Waals surface area contributed by atoms with Gasteiger partial charge in [0.05, 0.1) is 7.11 Å². The molecule has 0 aliphatic carbocycles. The van der Waals surface area contributed by atoms with Gasteiger partial charge in [0.2, 0.25) is 0 Å². The Hall–Kier alpha value is -1.05. The molecule has 0 fully saturated rings. The highest BCUT2D eigenvalue weighted by Crippen LogP contribution is 2.22. The number of hydrogen-bond donors (Lipinski definition) is 0. The summed E-state index contributed by atoms with van der Waals surface area (Å²) in [6.45, 7) is 7.86. The first-order chi connectivity index (χ1) is 6.69. The van der Waals surface area contributed by atoms with Crippen LogP contribution in [-0.4, -0.2) is 7.11 Å². The molecule has 1 rings (SSSR count). The van der Waals surface area contributed by atoms with Crippen molar-refractivity contribution in [2.24, 2.45) is 0 Å². The highest BCUT2D eigenvalue weighted by molar-refractivity contribution is 5.35. The average molecular weight is 198 g/mol. The Morgan fingerprint density at radius 2 is 1.86 bits per heavy atom. The molecular weight excluding hydrogens is 179 g/mol. The van der Waals surface area contributed by atoms with E-state index in [1.165, 1.54) is 7.11 Å². The minimum atomic E-state index is -0.231. The van der Waals surface area contributed by atoms with E-state index in [0.29, 0.717) is 17.7 Å². The van der Waals surface area contributed by atoms with E-state index in [1.807, 2.05) is 33.8 Å². The van der Waals surface area contributed by atoms with Crippen molar-refractivity contribution in [1.82, 2.24) is 0 Å². The van der Waals surface area contributed by atoms with E-state index in [2.05, 4.69) is 0 Å². The first-order valence-electron chi connectivity index (χ1n) is 5.02. The van der Waals surface area contributed by atoms with Crippen LogP contribution in [0.1, 0.15) is 31.9 Å². The Bertz CT molecular complexity index is 257. The Morgan fingerprint density at radius 1 is 1.29 bits per heavy atom. The van der Waals surface area contributed by atoms with Crippen molar-refractivity contribution in [3.63, 3.8) is 0 Å². The Kier molecular flexibility index (Phi) is 5.93. The summed E-state index contributed by atoms with van der Waals surface area (Å²) in [5, 5.41) is 0. The number of hydrogen-bond acceptors (Lipinski definition) is 1. The quantitative estimate of drug-likeness (QED) is 0.703. The molecule has 0 heterocycles. The highest BCUT2D eigenvalue weighted by Gasteiger charge is 2.07. The number of rotatable bonds is 2. The van der Waals surface area contributed by atoms with Gasteiger partial charge in [0, 0.05) is 0 Å². The Morgan fingerprint density at radius 3 is 2.29 bits per heavy atom. The molecule has 0 saturated heterocycles. The number of methoxy groups -OCH3 is 1. The van der Waals surface area contributed by atoms with E-state index in [9.17, 15) is 4.39 Å². The van der Waals surface area contributed by atoms with E-state index in [4.69, 9.17) is 4.74 Å². The maximum absolute atomic E-state index is 13.3. The first kappa shape index (κ1) is 12.9. The normalized spacial score (nSPS) is 9.00. The summed E-state index contributed by atoms with van der Waals surface area (Å²) in [5.74, 6) is 0.109. The summed E-state index contributed by atoms with van der Waals surface area (Å²) in [7, 11) is 1.48. The molecule has 0 bridgehead atoms. The second kappa shape index (κ2) is 6.41. The molecule has 0 atom stereocenters. The zero-order chi connectivity index (χ0) is 11.1. The molecule has 0 aliphatic rings. The van der Waals surface area contributed by atoms with Crippen molar-refractivity contribution >= 4 is 0 Å². The predicted octanol–water partition coefficient (Wildman–Crippen LogP) is 3.73. The van der Waals surface area contributed by atoms with Crippen LogP contribution in [0.15, 0.2) is 12.1 Å². The summed E-state index contributed by atoms with van der Waals surface area (Å²) >= 11 is 0. The van der Waals surface area contributed by atoms with Gasteiger partial charge in [-0.15, -0.1) is 0 Å². The standard InChI is InChI=1S/C10H13FO.C2H6/c1-4-8-5-7(2)6-9(12-3)10(8)11;1-2/h5-6H,4H2,1-3H3;1-2H3. The second-order valence-corrected chi connectivity index (χ2v) is 2.79. The van der Waals surface area contributed by atoms with Crippen molar-refractivity contribution < 1.29 is 9.13 Å². The van der Waals surface area contributed by atoms with Gasteiger partial charge in [-0.25, -0.2) is 4.39 Å². The molecule has 2 heteroatoms. The van der Waals surface area contributed by atoms with Gasteiger partial charge in [0.15, 0.2) is 11.6 Å². The molecule has 0 spiro atoms. The number of halogens is 1. The van der Waals surface area contributed by atoms with Gasteiger partial charge in [-0.2, -0.15) is 0 Å². The van der Waals surface area contributed by atoms with Gasteiger partial charge >= 0.3 is 0 Å². The lowest BCUT2D eigenvalue weighted by atomic mass is 10.1. The third-order valence-corrected chi connectivity index (χ3v) is 1.86. The lowest BCUT2D eigenvalue weighted by molar-refractivity contribution is 0.384. The number of benzene rings is 1. The molecule has 1 nitrogen and oxygen atoms in total. The molecule has 0 aromatic heterocycles. The number of aryl methyl sites for hydroxylation is 2.